The normalized spacial score (nSPS) is 23.1. The largest absolute Gasteiger partial charge is 0.333 e. The second-order valence-electron chi connectivity index (χ2n) is 4.88. The van der Waals surface area contributed by atoms with Crippen molar-refractivity contribution in [3.63, 3.8) is 0 Å². The van der Waals surface area contributed by atoms with Crippen molar-refractivity contribution < 1.29 is 13.6 Å². The summed E-state index contributed by atoms with van der Waals surface area (Å²) in [5.74, 6) is -2.48. The molecule has 1 aliphatic heterocycles. The van der Waals surface area contributed by atoms with Crippen molar-refractivity contribution in [1.29, 1.82) is 0 Å². The van der Waals surface area contributed by atoms with E-state index in [1.165, 1.54) is 0 Å². The number of rotatable bonds is 3. The zero-order chi connectivity index (χ0) is 14.7. The average molecular weight is 300 g/mol. The molecule has 0 radical (unpaired) electrons. The van der Waals surface area contributed by atoms with Gasteiger partial charge < -0.3 is 10.2 Å². The quantitative estimate of drug-likeness (QED) is 0.871. The lowest BCUT2D eigenvalue weighted by Crippen LogP contribution is -2.57. The number of nitrogens with one attached hydrogen (secondary N) is 1. The standard InChI is InChI=1S/C14H18F2N2OS/c1-9-10(2)18(8-7-17-9)13(19)11-3-5-12(6-4-11)20-14(15)16/h3-6,9-10,14,17H,7-8H2,1-2H3. The van der Waals surface area contributed by atoms with Crippen LogP contribution >= 0.6 is 11.8 Å². The van der Waals surface area contributed by atoms with E-state index in [1.807, 2.05) is 18.7 Å². The number of amides is 1. The highest BCUT2D eigenvalue weighted by Crippen LogP contribution is 2.25. The van der Waals surface area contributed by atoms with Crippen LogP contribution in [0.3, 0.4) is 0 Å². The lowest BCUT2D eigenvalue weighted by atomic mass is 10.1. The van der Waals surface area contributed by atoms with Crippen molar-refractivity contribution in [2.75, 3.05) is 13.1 Å². The molecule has 1 heterocycles. The van der Waals surface area contributed by atoms with Gasteiger partial charge in [0.1, 0.15) is 0 Å². The van der Waals surface area contributed by atoms with Gasteiger partial charge in [-0.05, 0) is 38.1 Å². The fraction of sp³-hybridized carbons (Fsp3) is 0.500. The van der Waals surface area contributed by atoms with Crippen LogP contribution in [0.25, 0.3) is 0 Å². The number of hydrogen-bond acceptors (Lipinski definition) is 3. The van der Waals surface area contributed by atoms with Crippen LogP contribution in [-0.2, 0) is 0 Å². The molecule has 2 unspecified atom stereocenters. The molecule has 0 aliphatic carbocycles. The topological polar surface area (TPSA) is 32.3 Å². The summed E-state index contributed by atoms with van der Waals surface area (Å²) in [5, 5.41) is 3.32. The van der Waals surface area contributed by atoms with E-state index in [9.17, 15) is 13.6 Å². The van der Waals surface area contributed by atoms with Gasteiger partial charge in [-0.1, -0.05) is 11.8 Å². The predicted molar refractivity (Wildman–Crippen MR) is 76.3 cm³/mol. The van der Waals surface area contributed by atoms with Gasteiger partial charge in [-0.15, -0.1) is 0 Å². The molecular formula is C14H18F2N2OS. The molecular weight excluding hydrogens is 282 g/mol. The number of halogens is 2. The number of piperazine rings is 1. The Kier molecular flexibility index (Phi) is 4.99. The Labute approximate surface area is 121 Å². The van der Waals surface area contributed by atoms with E-state index in [-0.39, 0.29) is 18.0 Å². The highest BCUT2D eigenvalue weighted by Gasteiger charge is 2.28. The van der Waals surface area contributed by atoms with E-state index in [1.54, 1.807) is 24.3 Å². The maximum atomic E-state index is 12.4. The zero-order valence-corrected chi connectivity index (χ0v) is 12.3. The van der Waals surface area contributed by atoms with Gasteiger partial charge in [-0.25, -0.2) is 0 Å². The van der Waals surface area contributed by atoms with Crippen LogP contribution in [0.15, 0.2) is 29.2 Å². The minimum atomic E-state index is -2.44. The summed E-state index contributed by atoms with van der Waals surface area (Å²) in [4.78, 5) is 14.7. The van der Waals surface area contributed by atoms with Gasteiger partial charge >= 0.3 is 0 Å². The van der Waals surface area contributed by atoms with Crippen LogP contribution in [0.1, 0.15) is 24.2 Å². The van der Waals surface area contributed by atoms with Crippen LogP contribution in [0.5, 0.6) is 0 Å². The fourth-order valence-electron chi connectivity index (χ4n) is 2.29. The lowest BCUT2D eigenvalue weighted by Gasteiger charge is -2.38. The summed E-state index contributed by atoms with van der Waals surface area (Å²) in [6, 6.07) is 6.74. The van der Waals surface area contributed by atoms with Gasteiger partial charge in [0.05, 0.1) is 0 Å². The van der Waals surface area contributed by atoms with E-state index < -0.39 is 5.76 Å². The molecule has 110 valence electrons. The molecule has 20 heavy (non-hydrogen) atoms. The molecule has 1 aromatic rings. The Morgan fingerprint density at radius 2 is 2.00 bits per heavy atom. The third-order valence-corrected chi connectivity index (χ3v) is 4.34. The predicted octanol–water partition coefficient (Wildman–Crippen LogP) is 2.82. The fourth-order valence-corrected chi connectivity index (χ4v) is 2.79. The smallest absolute Gasteiger partial charge is 0.288 e. The number of benzene rings is 1. The van der Waals surface area contributed by atoms with Gasteiger partial charge in [-0.2, -0.15) is 8.78 Å². The van der Waals surface area contributed by atoms with Gasteiger partial charge in [0.15, 0.2) is 0 Å². The average Bonchev–Trinajstić information content (AvgIpc) is 2.41. The highest BCUT2D eigenvalue weighted by molar-refractivity contribution is 7.99. The third-order valence-electron chi connectivity index (χ3n) is 3.62. The molecule has 0 saturated carbocycles. The monoisotopic (exact) mass is 300 g/mol. The zero-order valence-electron chi connectivity index (χ0n) is 11.5. The second kappa shape index (κ2) is 6.54. The molecule has 6 heteroatoms. The first-order valence-electron chi connectivity index (χ1n) is 6.58. The van der Waals surface area contributed by atoms with Gasteiger partial charge in [0, 0.05) is 35.6 Å². The maximum Gasteiger partial charge on any atom is 0.288 e. The maximum absolute atomic E-state index is 12.4. The number of carbonyl (C=O) groups excluding carboxylic acids is 1. The van der Waals surface area contributed by atoms with Crippen molar-refractivity contribution in [3.05, 3.63) is 29.8 Å². The van der Waals surface area contributed by atoms with E-state index in [4.69, 9.17) is 0 Å². The molecule has 1 saturated heterocycles. The molecule has 0 spiro atoms. The molecule has 2 rings (SSSR count). The first-order valence-corrected chi connectivity index (χ1v) is 7.46. The summed E-state index contributed by atoms with van der Waals surface area (Å²) >= 11 is 0.487. The molecule has 0 bridgehead atoms. The third kappa shape index (κ3) is 3.49. The summed E-state index contributed by atoms with van der Waals surface area (Å²) < 4.78 is 24.5. The molecule has 1 aromatic carbocycles. The van der Waals surface area contributed by atoms with E-state index in [0.717, 1.165) is 6.54 Å². The minimum absolute atomic E-state index is 0.0422. The Balaban J connectivity index is 2.08. The lowest BCUT2D eigenvalue weighted by molar-refractivity contribution is 0.0603. The summed E-state index contributed by atoms with van der Waals surface area (Å²) in [6.45, 7) is 5.50. The Hall–Kier alpha value is -1.14. The van der Waals surface area contributed by atoms with Crippen molar-refractivity contribution in [2.45, 2.75) is 36.6 Å². The van der Waals surface area contributed by atoms with Crippen LogP contribution in [0.4, 0.5) is 8.78 Å². The number of thioether (sulfide) groups is 1. The van der Waals surface area contributed by atoms with Crippen molar-refractivity contribution in [2.24, 2.45) is 0 Å². The summed E-state index contributed by atoms with van der Waals surface area (Å²) in [5.41, 5.74) is 0.546. The number of hydrogen-bond donors (Lipinski definition) is 1. The van der Waals surface area contributed by atoms with Gasteiger partial charge in [0.25, 0.3) is 11.7 Å². The summed E-state index contributed by atoms with van der Waals surface area (Å²) in [6.07, 6.45) is 0. The number of carbonyl (C=O) groups is 1. The van der Waals surface area contributed by atoms with Crippen molar-refractivity contribution >= 4 is 17.7 Å². The van der Waals surface area contributed by atoms with Crippen LogP contribution in [0, 0.1) is 0 Å². The van der Waals surface area contributed by atoms with E-state index >= 15 is 0 Å². The molecule has 1 fully saturated rings. The Morgan fingerprint density at radius 1 is 1.35 bits per heavy atom. The first kappa shape index (κ1) is 15.3. The molecule has 1 amide bonds. The van der Waals surface area contributed by atoms with Crippen molar-refractivity contribution in [3.8, 4) is 0 Å². The number of alkyl halides is 2. The molecule has 0 aromatic heterocycles. The summed E-state index contributed by atoms with van der Waals surface area (Å²) in [7, 11) is 0. The first-order chi connectivity index (χ1) is 9.49. The van der Waals surface area contributed by atoms with Crippen LogP contribution < -0.4 is 5.32 Å². The van der Waals surface area contributed by atoms with Crippen molar-refractivity contribution in [1.82, 2.24) is 10.2 Å². The SMILES string of the molecule is CC1NCCN(C(=O)c2ccc(SC(F)F)cc2)C1C. The second-order valence-corrected chi connectivity index (χ2v) is 5.95. The molecule has 3 nitrogen and oxygen atoms in total. The minimum Gasteiger partial charge on any atom is -0.333 e. The van der Waals surface area contributed by atoms with Crippen LogP contribution in [-0.4, -0.2) is 41.7 Å². The van der Waals surface area contributed by atoms with Gasteiger partial charge in [-0.3, -0.25) is 4.79 Å². The van der Waals surface area contributed by atoms with Gasteiger partial charge in [0.2, 0.25) is 0 Å². The highest BCUT2D eigenvalue weighted by atomic mass is 32.2. The van der Waals surface area contributed by atoms with Crippen LogP contribution in [0.2, 0.25) is 0 Å². The molecule has 1 aliphatic rings. The van der Waals surface area contributed by atoms with E-state index in [2.05, 4.69) is 5.32 Å². The van der Waals surface area contributed by atoms with E-state index in [0.29, 0.717) is 28.8 Å². The molecule has 2 atom stereocenters. The Morgan fingerprint density at radius 3 is 2.60 bits per heavy atom. The Bertz CT molecular complexity index is 467. The number of nitrogens with zero attached hydrogens (tertiary/aromatic N) is 1. The molecule has 1 N–H and O–H groups in total.